The van der Waals surface area contributed by atoms with Gasteiger partial charge in [-0.15, -0.1) is 6.58 Å². The Kier molecular flexibility index (Phi) is 3.50. The van der Waals surface area contributed by atoms with Gasteiger partial charge < -0.3 is 0 Å². The van der Waals surface area contributed by atoms with E-state index < -0.39 is 0 Å². The quantitative estimate of drug-likeness (QED) is 0.694. The van der Waals surface area contributed by atoms with Crippen LogP contribution in [0, 0.1) is 5.92 Å². The van der Waals surface area contributed by atoms with Gasteiger partial charge in [-0.25, -0.2) is 4.98 Å². The summed E-state index contributed by atoms with van der Waals surface area (Å²) in [6.45, 7) is 8.15. The molecule has 1 aliphatic heterocycles. The van der Waals surface area contributed by atoms with E-state index in [2.05, 4.69) is 21.6 Å². The molecule has 0 aliphatic carbocycles. The summed E-state index contributed by atoms with van der Waals surface area (Å²) in [6.07, 6.45) is 7.97. The molecule has 2 heterocycles. The normalized spacial score (nSPS) is 22.8. The summed E-state index contributed by atoms with van der Waals surface area (Å²) in [5, 5.41) is 4.15. The minimum atomic E-state index is 0.709. The van der Waals surface area contributed by atoms with Gasteiger partial charge in [-0.05, 0) is 25.3 Å². The zero-order chi connectivity index (χ0) is 10.5. The summed E-state index contributed by atoms with van der Waals surface area (Å²) in [5.41, 5.74) is 0. The monoisotopic (exact) mass is 206 g/mol. The molecule has 2 rings (SSSR count). The third-order valence-corrected chi connectivity index (χ3v) is 2.90. The van der Waals surface area contributed by atoms with Crippen LogP contribution in [0.2, 0.25) is 0 Å². The molecule has 15 heavy (non-hydrogen) atoms. The van der Waals surface area contributed by atoms with Crippen LogP contribution in [0.1, 0.15) is 12.8 Å². The van der Waals surface area contributed by atoms with Gasteiger partial charge >= 0.3 is 0 Å². The Hall–Kier alpha value is -1.16. The molecule has 1 saturated heterocycles. The highest BCUT2D eigenvalue weighted by atomic mass is 15.3. The number of hydrogen-bond donors (Lipinski definition) is 0. The topological polar surface area (TPSA) is 34.0 Å². The van der Waals surface area contributed by atoms with Crippen LogP contribution < -0.4 is 0 Å². The molecule has 0 unspecified atom stereocenters. The Morgan fingerprint density at radius 1 is 1.53 bits per heavy atom. The van der Waals surface area contributed by atoms with E-state index in [1.807, 2.05) is 10.8 Å². The molecular weight excluding hydrogens is 188 g/mol. The van der Waals surface area contributed by atoms with E-state index in [4.69, 9.17) is 0 Å². The lowest BCUT2D eigenvalue weighted by Gasteiger charge is -2.31. The molecule has 0 N–H and O–H groups in total. The maximum absolute atomic E-state index is 4.15. The number of hydrogen-bond acceptors (Lipinski definition) is 3. The van der Waals surface area contributed by atoms with E-state index in [0.29, 0.717) is 5.92 Å². The van der Waals surface area contributed by atoms with Crippen molar-refractivity contribution in [1.82, 2.24) is 19.7 Å². The van der Waals surface area contributed by atoms with Crippen LogP contribution in [0.25, 0.3) is 0 Å². The first kappa shape index (κ1) is 10.4. The molecule has 0 aromatic carbocycles. The number of piperidine rings is 1. The molecule has 1 aromatic heterocycles. The van der Waals surface area contributed by atoms with Crippen LogP contribution in [0.4, 0.5) is 0 Å². The molecule has 1 atom stereocenters. The summed E-state index contributed by atoms with van der Waals surface area (Å²) in [4.78, 5) is 6.42. The highest BCUT2D eigenvalue weighted by Crippen LogP contribution is 2.17. The lowest BCUT2D eigenvalue weighted by molar-refractivity contribution is 0.174. The average molecular weight is 206 g/mol. The molecule has 0 radical (unpaired) electrons. The van der Waals surface area contributed by atoms with Crippen molar-refractivity contribution in [2.45, 2.75) is 19.4 Å². The Balaban J connectivity index is 1.84. The molecule has 4 nitrogen and oxygen atoms in total. The first-order chi connectivity index (χ1) is 7.38. The lowest BCUT2D eigenvalue weighted by Crippen LogP contribution is -2.37. The number of rotatable bonds is 4. The van der Waals surface area contributed by atoms with Gasteiger partial charge in [0.05, 0.1) is 0 Å². The SMILES string of the molecule is C=CCN1CCC[C@H](Cn2cncn2)C1. The highest BCUT2D eigenvalue weighted by Gasteiger charge is 2.19. The van der Waals surface area contributed by atoms with Crippen LogP contribution in [0.3, 0.4) is 0 Å². The molecular formula is C11H18N4. The van der Waals surface area contributed by atoms with Crippen molar-refractivity contribution >= 4 is 0 Å². The molecule has 1 aromatic rings. The molecule has 0 spiro atoms. The fraction of sp³-hybridized carbons (Fsp3) is 0.636. The maximum atomic E-state index is 4.15. The van der Waals surface area contributed by atoms with E-state index in [9.17, 15) is 0 Å². The van der Waals surface area contributed by atoms with Gasteiger partial charge in [0.2, 0.25) is 0 Å². The average Bonchev–Trinajstić information content (AvgIpc) is 2.71. The van der Waals surface area contributed by atoms with Crippen LogP contribution in [0.5, 0.6) is 0 Å². The van der Waals surface area contributed by atoms with Crippen molar-refractivity contribution in [2.24, 2.45) is 5.92 Å². The summed E-state index contributed by atoms with van der Waals surface area (Å²) in [5.74, 6) is 0.709. The smallest absolute Gasteiger partial charge is 0.137 e. The first-order valence-corrected chi connectivity index (χ1v) is 5.54. The zero-order valence-corrected chi connectivity index (χ0v) is 9.05. The highest BCUT2D eigenvalue weighted by molar-refractivity contribution is 4.79. The van der Waals surface area contributed by atoms with E-state index in [0.717, 1.165) is 19.6 Å². The van der Waals surface area contributed by atoms with Gasteiger partial charge in [0.1, 0.15) is 12.7 Å². The van der Waals surface area contributed by atoms with Crippen molar-refractivity contribution in [3.63, 3.8) is 0 Å². The molecule has 0 saturated carbocycles. The molecule has 1 aliphatic rings. The molecule has 1 fully saturated rings. The third kappa shape index (κ3) is 2.89. The Morgan fingerprint density at radius 2 is 2.47 bits per heavy atom. The fourth-order valence-electron chi connectivity index (χ4n) is 2.24. The summed E-state index contributed by atoms with van der Waals surface area (Å²) < 4.78 is 1.93. The number of nitrogens with zero attached hydrogens (tertiary/aromatic N) is 4. The van der Waals surface area contributed by atoms with Gasteiger partial charge in [0.25, 0.3) is 0 Å². The van der Waals surface area contributed by atoms with Gasteiger partial charge in [0.15, 0.2) is 0 Å². The Morgan fingerprint density at radius 3 is 3.20 bits per heavy atom. The van der Waals surface area contributed by atoms with Crippen LogP contribution in [-0.4, -0.2) is 39.3 Å². The van der Waals surface area contributed by atoms with Crippen molar-refractivity contribution in [1.29, 1.82) is 0 Å². The van der Waals surface area contributed by atoms with Crippen LogP contribution in [-0.2, 0) is 6.54 Å². The summed E-state index contributed by atoms with van der Waals surface area (Å²) >= 11 is 0. The van der Waals surface area contributed by atoms with Crippen LogP contribution >= 0.6 is 0 Å². The van der Waals surface area contributed by atoms with Crippen molar-refractivity contribution in [2.75, 3.05) is 19.6 Å². The Labute approximate surface area is 90.6 Å². The van der Waals surface area contributed by atoms with Crippen molar-refractivity contribution < 1.29 is 0 Å². The maximum Gasteiger partial charge on any atom is 0.137 e. The largest absolute Gasteiger partial charge is 0.299 e. The van der Waals surface area contributed by atoms with E-state index in [1.54, 1.807) is 12.7 Å². The Bertz CT molecular complexity index is 294. The molecule has 0 amide bonds. The summed E-state index contributed by atoms with van der Waals surface area (Å²) in [7, 11) is 0. The minimum Gasteiger partial charge on any atom is -0.299 e. The van der Waals surface area contributed by atoms with Crippen LogP contribution in [0.15, 0.2) is 25.3 Å². The number of aromatic nitrogens is 3. The van der Waals surface area contributed by atoms with E-state index in [1.165, 1.54) is 19.4 Å². The second-order valence-corrected chi connectivity index (χ2v) is 4.17. The standard InChI is InChI=1S/C11H18N4/c1-2-5-14-6-3-4-11(7-14)8-15-10-12-9-13-15/h2,9-11H,1,3-8H2/t11-/m0/s1. The van der Waals surface area contributed by atoms with E-state index in [-0.39, 0.29) is 0 Å². The second-order valence-electron chi connectivity index (χ2n) is 4.17. The number of likely N-dealkylation sites (tertiary alicyclic amines) is 1. The predicted molar refractivity (Wildman–Crippen MR) is 59.4 cm³/mol. The lowest BCUT2D eigenvalue weighted by atomic mass is 9.98. The molecule has 4 heteroatoms. The first-order valence-electron chi connectivity index (χ1n) is 5.54. The van der Waals surface area contributed by atoms with Gasteiger partial charge in [-0.3, -0.25) is 9.58 Å². The third-order valence-electron chi connectivity index (χ3n) is 2.90. The molecule has 82 valence electrons. The van der Waals surface area contributed by atoms with Crippen molar-refractivity contribution in [3.05, 3.63) is 25.3 Å². The fourth-order valence-corrected chi connectivity index (χ4v) is 2.24. The van der Waals surface area contributed by atoms with Crippen molar-refractivity contribution in [3.8, 4) is 0 Å². The zero-order valence-electron chi connectivity index (χ0n) is 9.05. The predicted octanol–water partition coefficient (Wildman–Crippen LogP) is 1.18. The second kappa shape index (κ2) is 5.07. The van der Waals surface area contributed by atoms with Gasteiger partial charge in [0, 0.05) is 19.6 Å². The van der Waals surface area contributed by atoms with Gasteiger partial charge in [-0.1, -0.05) is 6.08 Å². The summed E-state index contributed by atoms with van der Waals surface area (Å²) in [6, 6.07) is 0. The molecule has 0 bridgehead atoms. The van der Waals surface area contributed by atoms with E-state index >= 15 is 0 Å². The van der Waals surface area contributed by atoms with Gasteiger partial charge in [-0.2, -0.15) is 5.10 Å². The minimum absolute atomic E-state index is 0.709.